The number of nitrogens with zero attached hydrogens (tertiary/aromatic N) is 2. The SMILES string of the molecule is COc1cccc(CNC(=O)C2Cn3cccc3C(=O)N2CC(C)C)c1OC. The normalized spacial score (nSPS) is 16.1. The third-order valence-corrected chi connectivity index (χ3v) is 4.86. The van der Waals surface area contributed by atoms with E-state index < -0.39 is 6.04 Å². The number of nitrogens with one attached hydrogen (secondary N) is 1. The highest BCUT2D eigenvalue weighted by Gasteiger charge is 2.36. The molecule has 1 unspecified atom stereocenters. The Morgan fingerprint density at radius 3 is 2.68 bits per heavy atom. The van der Waals surface area contributed by atoms with E-state index in [-0.39, 0.29) is 24.3 Å². The predicted octanol–water partition coefficient (Wildman–Crippen LogP) is 2.30. The van der Waals surface area contributed by atoms with Gasteiger partial charge in [-0.1, -0.05) is 26.0 Å². The second-order valence-electron chi connectivity index (χ2n) is 7.28. The van der Waals surface area contributed by atoms with Gasteiger partial charge in [-0.3, -0.25) is 9.59 Å². The molecule has 7 heteroatoms. The number of amides is 2. The molecule has 150 valence electrons. The minimum absolute atomic E-state index is 0.107. The molecule has 1 aromatic heterocycles. The summed E-state index contributed by atoms with van der Waals surface area (Å²) in [7, 11) is 3.15. The van der Waals surface area contributed by atoms with Crippen LogP contribution in [0.1, 0.15) is 29.9 Å². The summed E-state index contributed by atoms with van der Waals surface area (Å²) in [6.07, 6.45) is 1.84. The topological polar surface area (TPSA) is 72.8 Å². The minimum atomic E-state index is -0.550. The van der Waals surface area contributed by atoms with E-state index in [9.17, 15) is 9.59 Å². The molecule has 1 aliphatic rings. The lowest BCUT2D eigenvalue weighted by molar-refractivity contribution is -0.126. The molecular weight excluding hydrogens is 358 g/mol. The van der Waals surface area contributed by atoms with Gasteiger partial charge in [0.15, 0.2) is 11.5 Å². The largest absolute Gasteiger partial charge is 0.493 e. The van der Waals surface area contributed by atoms with E-state index in [1.54, 1.807) is 25.2 Å². The molecule has 0 aliphatic carbocycles. The molecule has 0 radical (unpaired) electrons. The van der Waals surface area contributed by atoms with Crippen LogP contribution in [0.2, 0.25) is 0 Å². The second kappa shape index (κ2) is 8.37. The number of hydrogen-bond acceptors (Lipinski definition) is 4. The van der Waals surface area contributed by atoms with E-state index in [1.807, 2.05) is 48.9 Å². The van der Waals surface area contributed by atoms with Crippen molar-refractivity contribution < 1.29 is 19.1 Å². The maximum absolute atomic E-state index is 13.0. The molecule has 2 heterocycles. The third-order valence-electron chi connectivity index (χ3n) is 4.86. The molecule has 0 spiro atoms. The summed E-state index contributed by atoms with van der Waals surface area (Å²) in [6, 6.07) is 8.62. The number of para-hydroxylation sites is 1. The zero-order valence-corrected chi connectivity index (χ0v) is 16.8. The molecule has 2 amide bonds. The van der Waals surface area contributed by atoms with Gasteiger partial charge in [-0.2, -0.15) is 0 Å². The van der Waals surface area contributed by atoms with E-state index in [2.05, 4.69) is 5.32 Å². The van der Waals surface area contributed by atoms with Crippen molar-refractivity contribution in [3.05, 3.63) is 47.8 Å². The Morgan fingerprint density at radius 2 is 2.00 bits per heavy atom. The van der Waals surface area contributed by atoms with Gasteiger partial charge >= 0.3 is 0 Å². The van der Waals surface area contributed by atoms with Crippen molar-refractivity contribution in [3.8, 4) is 11.5 Å². The summed E-state index contributed by atoms with van der Waals surface area (Å²) in [4.78, 5) is 27.6. The van der Waals surface area contributed by atoms with Crippen LogP contribution in [0.25, 0.3) is 0 Å². The van der Waals surface area contributed by atoms with Crippen molar-refractivity contribution in [1.82, 2.24) is 14.8 Å². The van der Waals surface area contributed by atoms with Gasteiger partial charge in [0.25, 0.3) is 5.91 Å². The summed E-state index contributed by atoms with van der Waals surface area (Å²) < 4.78 is 12.6. The van der Waals surface area contributed by atoms with Gasteiger partial charge in [-0.15, -0.1) is 0 Å². The van der Waals surface area contributed by atoms with Crippen LogP contribution < -0.4 is 14.8 Å². The number of fused-ring (bicyclic) bond motifs is 1. The fourth-order valence-corrected chi connectivity index (χ4v) is 3.56. The highest BCUT2D eigenvalue weighted by molar-refractivity contribution is 5.97. The number of methoxy groups -OCH3 is 2. The molecule has 7 nitrogen and oxygen atoms in total. The summed E-state index contributed by atoms with van der Waals surface area (Å²) in [5.74, 6) is 1.18. The summed E-state index contributed by atoms with van der Waals surface area (Å²) >= 11 is 0. The molecule has 0 saturated heterocycles. The Hall–Kier alpha value is -2.96. The maximum Gasteiger partial charge on any atom is 0.271 e. The van der Waals surface area contributed by atoms with Crippen LogP contribution in [0.4, 0.5) is 0 Å². The molecule has 0 bridgehead atoms. The molecule has 3 rings (SSSR count). The predicted molar refractivity (Wildman–Crippen MR) is 105 cm³/mol. The van der Waals surface area contributed by atoms with Gasteiger partial charge in [-0.25, -0.2) is 0 Å². The summed E-state index contributed by atoms with van der Waals surface area (Å²) in [5, 5.41) is 2.96. The number of hydrogen-bond donors (Lipinski definition) is 1. The smallest absolute Gasteiger partial charge is 0.271 e. The number of ether oxygens (including phenoxy) is 2. The zero-order valence-electron chi connectivity index (χ0n) is 16.8. The van der Waals surface area contributed by atoms with Crippen molar-refractivity contribution >= 4 is 11.8 Å². The first kappa shape index (κ1) is 19.8. The van der Waals surface area contributed by atoms with E-state index in [4.69, 9.17) is 9.47 Å². The summed E-state index contributed by atoms with van der Waals surface area (Å²) in [5.41, 5.74) is 1.44. The molecular formula is C21H27N3O4. The molecule has 28 heavy (non-hydrogen) atoms. The Morgan fingerprint density at radius 1 is 1.21 bits per heavy atom. The van der Waals surface area contributed by atoms with Crippen LogP contribution in [-0.2, 0) is 17.9 Å². The van der Waals surface area contributed by atoms with Crippen LogP contribution in [0.15, 0.2) is 36.5 Å². The van der Waals surface area contributed by atoms with Gasteiger partial charge in [0, 0.05) is 24.8 Å². The molecule has 1 atom stereocenters. The van der Waals surface area contributed by atoms with Gasteiger partial charge in [0.1, 0.15) is 11.7 Å². The van der Waals surface area contributed by atoms with Crippen molar-refractivity contribution in [2.45, 2.75) is 33.0 Å². The molecule has 2 aromatic rings. The fourth-order valence-electron chi connectivity index (χ4n) is 3.56. The molecule has 0 saturated carbocycles. The lowest BCUT2D eigenvalue weighted by atomic mass is 10.1. The van der Waals surface area contributed by atoms with Crippen molar-refractivity contribution in [2.24, 2.45) is 5.92 Å². The van der Waals surface area contributed by atoms with E-state index in [1.165, 1.54) is 0 Å². The monoisotopic (exact) mass is 385 g/mol. The molecule has 0 fully saturated rings. The standard InChI is InChI=1S/C21H27N3O4/c1-14(2)12-24-17(13-23-10-6-8-16(23)21(24)26)20(25)22-11-15-7-5-9-18(27-3)19(15)28-4/h5-10,14,17H,11-13H2,1-4H3,(H,22,25). The van der Waals surface area contributed by atoms with Crippen molar-refractivity contribution in [3.63, 3.8) is 0 Å². The van der Waals surface area contributed by atoms with Crippen molar-refractivity contribution in [1.29, 1.82) is 0 Å². The van der Waals surface area contributed by atoms with Crippen molar-refractivity contribution in [2.75, 3.05) is 20.8 Å². The van der Waals surface area contributed by atoms with Crippen LogP contribution in [0, 0.1) is 5.92 Å². The first-order valence-electron chi connectivity index (χ1n) is 9.40. The van der Waals surface area contributed by atoms with Crippen LogP contribution in [0.3, 0.4) is 0 Å². The van der Waals surface area contributed by atoms with Crippen LogP contribution in [-0.4, -0.2) is 48.1 Å². The first-order valence-corrected chi connectivity index (χ1v) is 9.40. The highest BCUT2D eigenvalue weighted by Crippen LogP contribution is 2.30. The second-order valence-corrected chi connectivity index (χ2v) is 7.28. The van der Waals surface area contributed by atoms with Gasteiger partial charge in [-0.05, 0) is 24.1 Å². The first-order chi connectivity index (χ1) is 13.5. The van der Waals surface area contributed by atoms with Gasteiger partial charge in [0.2, 0.25) is 5.91 Å². The Balaban J connectivity index is 1.78. The molecule has 1 N–H and O–H groups in total. The lowest BCUT2D eigenvalue weighted by Crippen LogP contribution is -2.55. The van der Waals surface area contributed by atoms with Crippen LogP contribution >= 0.6 is 0 Å². The van der Waals surface area contributed by atoms with E-state index in [0.29, 0.717) is 30.3 Å². The lowest BCUT2D eigenvalue weighted by Gasteiger charge is -2.36. The zero-order chi connectivity index (χ0) is 20.3. The molecule has 1 aromatic carbocycles. The number of aromatic nitrogens is 1. The van der Waals surface area contributed by atoms with Crippen LogP contribution in [0.5, 0.6) is 11.5 Å². The average molecular weight is 385 g/mol. The number of carbonyl (C=O) groups is 2. The quantitative estimate of drug-likeness (QED) is 0.794. The average Bonchev–Trinajstić information content (AvgIpc) is 3.16. The molecule has 1 aliphatic heterocycles. The van der Waals surface area contributed by atoms with E-state index >= 15 is 0 Å². The minimum Gasteiger partial charge on any atom is -0.493 e. The third kappa shape index (κ3) is 3.83. The Kier molecular flexibility index (Phi) is 5.92. The highest BCUT2D eigenvalue weighted by atomic mass is 16.5. The summed E-state index contributed by atoms with van der Waals surface area (Å²) in [6.45, 7) is 5.35. The fraction of sp³-hybridized carbons (Fsp3) is 0.429. The van der Waals surface area contributed by atoms with E-state index in [0.717, 1.165) is 5.56 Å². The van der Waals surface area contributed by atoms with Gasteiger partial charge in [0.05, 0.1) is 20.8 Å². The Bertz CT molecular complexity index is 859. The number of rotatable bonds is 7. The Labute approximate surface area is 165 Å². The van der Waals surface area contributed by atoms with Gasteiger partial charge < -0.3 is 24.3 Å². The number of benzene rings is 1. The number of carbonyl (C=O) groups excluding carboxylic acids is 2. The maximum atomic E-state index is 13.0.